The Kier molecular flexibility index (Phi) is 24.2. The molecule has 0 amide bonds. The first-order valence-corrected chi connectivity index (χ1v) is 15.7. The number of rotatable bonds is 6. The van der Waals surface area contributed by atoms with E-state index < -0.39 is 4.92 Å². The quantitative estimate of drug-likeness (QED) is 0.0959. The van der Waals surface area contributed by atoms with Crippen LogP contribution in [0.25, 0.3) is 32.2 Å². The number of hydrogen-bond acceptors (Lipinski definition) is 5. The van der Waals surface area contributed by atoms with E-state index in [9.17, 15) is 19.7 Å². The third kappa shape index (κ3) is 12.0. The van der Waals surface area contributed by atoms with Gasteiger partial charge in [0, 0.05) is 35.5 Å². The molecule has 0 atom stereocenters. The molecule has 4 aromatic rings. The third-order valence-electron chi connectivity index (χ3n) is 6.25. The van der Waals surface area contributed by atoms with Crippen LogP contribution >= 0.6 is 0 Å². The van der Waals surface area contributed by atoms with Gasteiger partial charge in [-0.2, -0.15) is 0 Å². The van der Waals surface area contributed by atoms with Gasteiger partial charge in [0.25, 0.3) is 5.69 Å². The summed E-state index contributed by atoms with van der Waals surface area (Å²) in [6.07, 6.45) is 0. The number of ketones is 2. The van der Waals surface area contributed by atoms with Crippen LogP contribution in [0.3, 0.4) is 0 Å². The largest absolute Gasteiger partial charge is 0.388 e. The van der Waals surface area contributed by atoms with Gasteiger partial charge in [-0.15, -0.1) is 0 Å². The van der Waals surface area contributed by atoms with E-state index in [1.54, 1.807) is 49.9 Å². The summed E-state index contributed by atoms with van der Waals surface area (Å²) < 4.78 is 3.50. The molecule has 2 aromatic carbocycles. The summed E-state index contributed by atoms with van der Waals surface area (Å²) in [6, 6.07) is 17.2. The van der Waals surface area contributed by atoms with E-state index in [0.29, 0.717) is 22.8 Å². The fourth-order valence-corrected chi connectivity index (χ4v) is 4.15. The van der Waals surface area contributed by atoms with Crippen LogP contribution in [0.5, 0.6) is 0 Å². The highest BCUT2D eigenvalue weighted by Crippen LogP contribution is 2.31. The predicted octanol–water partition coefficient (Wildman–Crippen LogP) is 11.6. The Bertz CT molecular complexity index is 1680. The molecule has 10 nitrogen and oxygen atoms in total. The second kappa shape index (κ2) is 24.7. The molecule has 0 saturated heterocycles. The second-order valence-electron chi connectivity index (χ2n) is 8.61. The van der Waals surface area contributed by atoms with Crippen molar-refractivity contribution in [1.82, 2.24) is 9.13 Å². The smallest absolute Gasteiger partial charge is 0.280 e. The van der Waals surface area contributed by atoms with Crippen molar-refractivity contribution < 1.29 is 14.5 Å². The van der Waals surface area contributed by atoms with E-state index >= 15 is 0 Å². The highest BCUT2D eigenvalue weighted by molar-refractivity contribution is 6.01. The highest BCUT2D eigenvalue weighted by Gasteiger charge is 2.20. The fourth-order valence-electron chi connectivity index (χ4n) is 4.15. The number of carbonyl (C=O) groups is 2. The van der Waals surface area contributed by atoms with Crippen molar-refractivity contribution in [2.24, 2.45) is 14.1 Å². The van der Waals surface area contributed by atoms with Gasteiger partial charge in [0.15, 0.2) is 11.6 Å². The third-order valence-corrected chi connectivity index (χ3v) is 6.25. The van der Waals surface area contributed by atoms with Crippen LogP contribution in [-0.2, 0) is 14.1 Å². The lowest BCUT2D eigenvalue weighted by molar-refractivity contribution is -0.385. The van der Waals surface area contributed by atoms with E-state index in [0.717, 1.165) is 22.6 Å². The molecule has 48 heavy (non-hydrogen) atoms. The molecule has 1 N–H and O–H groups in total. The average molecular weight is 659 g/mol. The minimum absolute atomic E-state index is 0. The molecule has 0 fully saturated rings. The van der Waals surface area contributed by atoms with Gasteiger partial charge in [-0.3, -0.25) is 28.8 Å². The standard InChI is InChI=1S/C15H15N3O.C14H11N3O3.4C2H6.CH4/c1-10(19)12-9-11(5-6-13(12)16-2)14-7-8-15(17-3)18(14)4;1-9(18)11-8-10(4-5-13(11)17(19)20)12-6-7-14(15-2)16(12)3;4*1-2;/h5-9,16H,1-2,4H3;4-8H,1,3H3;4*1-2H3;1H4. The van der Waals surface area contributed by atoms with E-state index in [-0.39, 0.29) is 30.2 Å². The summed E-state index contributed by atoms with van der Waals surface area (Å²) in [4.78, 5) is 40.3. The summed E-state index contributed by atoms with van der Waals surface area (Å²) in [7, 11) is 5.38. The summed E-state index contributed by atoms with van der Waals surface area (Å²) in [5.41, 5.74) is 4.59. The van der Waals surface area contributed by atoms with Crippen molar-refractivity contribution in [2.75, 3.05) is 12.4 Å². The second-order valence-corrected chi connectivity index (χ2v) is 8.61. The number of hydrogen-bond donors (Lipinski definition) is 1. The molecular weight excluding hydrogens is 604 g/mol. The molecule has 4 rings (SSSR count). The monoisotopic (exact) mass is 658 g/mol. The molecule has 10 heteroatoms. The molecule has 0 aliphatic carbocycles. The van der Waals surface area contributed by atoms with Crippen molar-refractivity contribution >= 4 is 34.6 Å². The number of carbonyl (C=O) groups excluding carboxylic acids is 2. The first-order valence-electron chi connectivity index (χ1n) is 15.7. The molecule has 0 spiro atoms. The van der Waals surface area contributed by atoms with E-state index in [4.69, 9.17) is 13.1 Å². The van der Waals surface area contributed by atoms with E-state index in [1.807, 2.05) is 91.3 Å². The van der Waals surface area contributed by atoms with Crippen LogP contribution in [0, 0.1) is 23.3 Å². The van der Waals surface area contributed by atoms with Gasteiger partial charge in [0.1, 0.15) is 11.4 Å². The lowest BCUT2D eigenvalue weighted by Crippen LogP contribution is -2.01. The van der Waals surface area contributed by atoms with Gasteiger partial charge in [-0.25, -0.2) is 0 Å². The van der Waals surface area contributed by atoms with Crippen molar-refractivity contribution in [1.29, 1.82) is 0 Å². The molecule has 0 unspecified atom stereocenters. The summed E-state index contributed by atoms with van der Waals surface area (Å²) in [6.45, 7) is 32.9. The first kappa shape index (κ1) is 46.9. The minimum atomic E-state index is -0.573. The van der Waals surface area contributed by atoms with Gasteiger partial charge in [0.2, 0.25) is 11.6 Å². The Morgan fingerprint density at radius 3 is 1.38 bits per heavy atom. The van der Waals surface area contributed by atoms with Gasteiger partial charge >= 0.3 is 0 Å². The Hall–Kier alpha value is -5.48. The van der Waals surface area contributed by atoms with Gasteiger partial charge in [-0.05, 0) is 68.4 Å². The molecule has 2 heterocycles. The summed E-state index contributed by atoms with van der Waals surface area (Å²) >= 11 is 0. The van der Waals surface area contributed by atoms with E-state index in [2.05, 4.69) is 15.0 Å². The lowest BCUT2D eigenvalue weighted by Gasteiger charge is -2.09. The molecule has 2 aromatic heterocycles. The number of nitro benzene ring substituents is 1. The zero-order valence-corrected chi connectivity index (χ0v) is 30.1. The number of aromatic nitrogens is 2. The number of nitrogens with one attached hydrogen (secondary N) is 1. The SMILES string of the molecule is C.CC.CC.CC.CC.[C-]#[N+]c1ccc(-c2ccc(NC)c(C(C)=O)c2)n1C.[C-]#[N+]c1ccc(-c2ccc([N+](=O)[O-])c(C(C)=O)c2)n1C. The zero-order chi connectivity index (χ0) is 36.9. The maximum Gasteiger partial charge on any atom is 0.280 e. The van der Waals surface area contributed by atoms with Crippen LogP contribution in [0.15, 0.2) is 60.7 Å². The first-order chi connectivity index (χ1) is 22.5. The zero-order valence-electron chi connectivity index (χ0n) is 30.1. The molecule has 260 valence electrons. The highest BCUT2D eigenvalue weighted by atomic mass is 16.6. The maximum absolute atomic E-state index is 11.7. The van der Waals surface area contributed by atoms with Gasteiger partial charge < -0.3 is 15.0 Å². The number of Topliss-reactive ketones (excluding diaryl/α,β-unsaturated/α-hetero) is 2. The topological polar surface area (TPSA) is 108 Å². The Morgan fingerprint density at radius 2 is 1.06 bits per heavy atom. The van der Waals surface area contributed by atoms with Crippen molar-refractivity contribution in [3.8, 4) is 22.5 Å². The number of nitrogens with zero attached hydrogens (tertiary/aromatic N) is 5. The Labute approximate surface area is 288 Å². The van der Waals surface area contributed by atoms with Crippen molar-refractivity contribution in [2.45, 2.75) is 76.7 Å². The van der Waals surface area contributed by atoms with Crippen LogP contribution < -0.4 is 5.32 Å². The fraction of sp³-hybridized carbons (Fsp3) is 0.368. The minimum Gasteiger partial charge on any atom is -0.388 e. The Balaban J connectivity index is -0.000000687. The maximum atomic E-state index is 11.7. The number of anilines is 1. The average Bonchev–Trinajstić information content (AvgIpc) is 3.68. The van der Waals surface area contributed by atoms with Crippen molar-refractivity contribution in [3.63, 3.8) is 0 Å². The van der Waals surface area contributed by atoms with Gasteiger partial charge in [-0.1, -0.05) is 76.0 Å². The van der Waals surface area contributed by atoms with Crippen LogP contribution in [0.1, 0.15) is 97.4 Å². The molecule has 0 aliphatic rings. The molecular formula is C38H54N6O4. The predicted molar refractivity (Wildman–Crippen MR) is 203 cm³/mol. The number of nitro groups is 1. The van der Waals surface area contributed by atoms with Crippen LogP contribution in [-0.4, -0.2) is 32.7 Å². The summed E-state index contributed by atoms with van der Waals surface area (Å²) in [5, 5.41) is 13.9. The summed E-state index contributed by atoms with van der Waals surface area (Å²) in [5.74, 6) is 0.698. The van der Waals surface area contributed by atoms with E-state index in [1.165, 1.54) is 19.1 Å². The van der Waals surface area contributed by atoms with Crippen LogP contribution in [0.4, 0.5) is 23.0 Å². The van der Waals surface area contributed by atoms with Gasteiger partial charge in [0.05, 0.1) is 24.6 Å². The molecule has 0 aliphatic heterocycles. The molecule has 0 bridgehead atoms. The molecule has 0 saturated carbocycles. The number of benzene rings is 2. The lowest BCUT2D eigenvalue weighted by atomic mass is 10.0. The molecule has 0 radical (unpaired) electrons. The Morgan fingerprint density at radius 1 is 0.688 bits per heavy atom. The normalized spacial score (nSPS) is 8.65. The van der Waals surface area contributed by atoms with Crippen LogP contribution in [0.2, 0.25) is 0 Å². The van der Waals surface area contributed by atoms with Crippen molar-refractivity contribution in [3.05, 3.63) is 105 Å².